The zero-order valence-electron chi connectivity index (χ0n) is 9.96. The van der Waals surface area contributed by atoms with Gasteiger partial charge in [0.2, 0.25) is 5.96 Å². The Bertz CT molecular complexity index is 395. The SMILES string of the molecule is COCCN=C(NN)Nc1cc(Cl)ccc1C. The molecular formula is C11H17ClN4O. The summed E-state index contributed by atoms with van der Waals surface area (Å²) in [4.78, 5) is 4.20. The maximum atomic E-state index is 5.92. The van der Waals surface area contributed by atoms with Crippen LogP contribution in [0.25, 0.3) is 0 Å². The smallest absolute Gasteiger partial charge is 0.210 e. The molecule has 17 heavy (non-hydrogen) atoms. The van der Waals surface area contributed by atoms with E-state index in [1.54, 1.807) is 7.11 Å². The predicted octanol–water partition coefficient (Wildman–Crippen LogP) is 1.53. The van der Waals surface area contributed by atoms with Crippen molar-refractivity contribution in [1.82, 2.24) is 5.43 Å². The van der Waals surface area contributed by atoms with Crippen LogP contribution in [0.2, 0.25) is 5.02 Å². The van der Waals surface area contributed by atoms with Crippen molar-refractivity contribution in [3.05, 3.63) is 28.8 Å². The molecule has 1 aromatic carbocycles. The third-order valence-corrected chi connectivity index (χ3v) is 2.39. The van der Waals surface area contributed by atoms with Gasteiger partial charge in [-0.2, -0.15) is 0 Å². The molecule has 0 radical (unpaired) electrons. The van der Waals surface area contributed by atoms with Gasteiger partial charge in [-0.25, -0.2) is 10.8 Å². The minimum Gasteiger partial charge on any atom is -0.383 e. The number of guanidine groups is 1. The molecule has 5 nitrogen and oxygen atoms in total. The molecule has 4 N–H and O–H groups in total. The van der Waals surface area contributed by atoms with E-state index in [0.29, 0.717) is 24.1 Å². The number of halogens is 1. The first-order chi connectivity index (χ1) is 8.17. The lowest BCUT2D eigenvalue weighted by Crippen LogP contribution is -2.36. The summed E-state index contributed by atoms with van der Waals surface area (Å²) in [6, 6.07) is 5.58. The number of nitrogens with one attached hydrogen (secondary N) is 2. The fraction of sp³-hybridized carbons (Fsp3) is 0.364. The number of nitrogens with two attached hydrogens (primary N) is 1. The van der Waals surface area contributed by atoms with Crippen molar-refractivity contribution >= 4 is 23.2 Å². The number of anilines is 1. The average molecular weight is 257 g/mol. The van der Waals surface area contributed by atoms with Crippen molar-refractivity contribution in [3.63, 3.8) is 0 Å². The van der Waals surface area contributed by atoms with Gasteiger partial charge in [-0.05, 0) is 24.6 Å². The first kappa shape index (κ1) is 13.8. The molecule has 0 aliphatic rings. The molecule has 0 heterocycles. The van der Waals surface area contributed by atoms with Gasteiger partial charge in [0.25, 0.3) is 0 Å². The van der Waals surface area contributed by atoms with Crippen LogP contribution in [0.4, 0.5) is 5.69 Å². The van der Waals surface area contributed by atoms with Gasteiger partial charge in [0.05, 0.1) is 13.2 Å². The second-order valence-corrected chi connectivity index (χ2v) is 3.89. The fourth-order valence-corrected chi connectivity index (χ4v) is 1.40. The van der Waals surface area contributed by atoms with Crippen LogP contribution in [0.5, 0.6) is 0 Å². The molecule has 1 aromatic rings. The molecule has 94 valence electrons. The van der Waals surface area contributed by atoms with E-state index in [9.17, 15) is 0 Å². The Morgan fingerprint density at radius 2 is 2.29 bits per heavy atom. The molecule has 0 aliphatic heterocycles. The molecule has 0 atom stereocenters. The van der Waals surface area contributed by atoms with Gasteiger partial charge in [-0.3, -0.25) is 5.43 Å². The van der Waals surface area contributed by atoms with Crippen molar-refractivity contribution < 1.29 is 4.74 Å². The van der Waals surface area contributed by atoms with Gasteiger partial charge >= 0.3 is 0 Å². The molecule has 0 aromatic heterocycles. The molecule has 0 bridgehead atoms. The van der Waals surface area contributed by atoms with Crippen molar-refractivity contribution in [2.24, 2.45) is 10.8 Å². The number of benzene rings is 1. The number of hydrazine groups is 1. The minimum absolute atomic E-state index is 0.479. The maximum Gasteiger partial charge on any atom is 0.210 e. The fourth-order valence-electron chi connectivity index (χ4n) is 1.23. The molecule has 6 heteroatoms. The highest BCUT2D eigenvalue weighted by Gasteiger charge is 2.02. The van der Waals surface area contributed by atoms with E-state index in [4.69, 9.17) is 22.2 Å². The Labute approximate surface area is 106 Å². The summed E-state index contributed by atoms with van der Waals surface area (Å²) >= 11 is 5.92. The number of rotatable bonds is 4. The van der Waals surface area contributed by atoms with Crippen LogP contribution < -0.4 is 16.6 Å². The number of ether oxygens (including phenoxy) is 1. The van der Waals surface area contributed by atoms with E-state index < -0.39 is 0 Å². The van der Waals surface area contributed by atoms with Crippen LogP contribution in [-0.2, 0) is 4.74 Å². The number of methoxy groups -OCH3 is 1. The predicted molar refractivity (Wildman–Crippen MR) is 71.3 cm³/mol. The summed E-state index contributed by atoms with van der Waals surface area (Å²) in [6.07, 6.45) is 0. The zero-order valence-corrected chi connectivity index (χ0v) is 10.7. The Morgan fingerprint density at radius 3 is 2.94 bits per heavy atom. The molecule has 0 saturated carbocycles. The summed E-state index contributed by atoms with van der Waals surface area (Å²) in [6.45, 7) is 3.05. The highest BCUT2D eigenvalue weighted by molar-refractivity contribution is 6.31. The molecule has 1 rings (SSSR count). The lowest BCUT2D eigenvalue weighted by Gasteiger charge is -2.11. The summed E-state index contributed by atoms with van der Waals surface area (Å²) in [5.41, 5.74) is 4.42. The summed E-state index contributed by atoms with van der Waals surface area (Å²) in [5.74, 6) is 5.85. The van der Waals surface area contributed by atoms with Crippen LogP contribution in [0, 0.1) is 6.92 Å². The van der Waals surface area contributed by atoms with E-state index in [-0.39, 0.29) is 0 Å². The largest absolute Gasteiger partial charge is 0.383 e. The number of aliphatic imine (C=N–C) groups is 1. The van der Waals surface area contributed by atoms with Gasteiger partial charge in [-0.1, -0.05) is 17.7 Å². The lowest BCUT2D eigenvalue weighted by atomic mass is 10.2. The molecule has 0 unspecified atom stereocenters. The lowest BCUT2D eigenvalue weighted by molar-refractivity contribution is 0.208. The quantitative estimate of drug-likeness (QED) is 0.251. The van der Waals surface area contributed by atoms with Crippen LogP contribution >= 0.6 is 11.6 Å². The summed E-state index contributed by atoms with van der Waals surface area (Å²) < 4.78 is 4.91. The van der Waals surface area contributed by atoms with Gasteiger partial charge in [0, 0.05) is 17.8 Å². The third kappa shape index (κ3) is 4.60. The number of hydrogen-bond donors (Lipinski definition) is 3. The molecule has 0 saturated heterocycles. The molecular weight excluding hydrogens is 240 g/mol. The maximum absolute atomic E-state index is 5.92. The Hall–Kier alpha value is -1.30. The van der Waals surface area contributed by atoms with E-state index in [2.05, 4.69) is 15.7 Å². The minimum atomic E-state index is 0.479. The van der Waals surface area contributed by atoms with Gasteiger partial charge in [0.15, 0.2) is 0 Å². The summed E-state index contributed by atoms with van der Waals surface area (Å²) in [7, 11) is 1.62. The van der Waals surface area contributed by atoms with Crippen LogP contribution in [0.3, 0.4) is 0 Å². The Kier molecular flexibility index (Phi) is 5.76. The van der Waals surface area contributed by atoms with Crippen LogP contribution in [0.1, 0.15) is 5.56 Å². The van der Waals surface area contributed by atoms with Gasteiger partial charge in [0.1, 0.15) is 0 Å². The van der Waals surface area contributed by atoms with Crippen molar-refractivity contribution in [1.29, 1.82) is 0 Å². The highest BCUT2D eigenvalue weighted by Crippen LogP contribution is 2.19. The van der Waals surface area contributed by atoms with E-state index in [1.807, 2.05) is 25.1 Å². The second-order valence-electron chi connectivity index (χ2n) is 3.45. The van der Waals surface area contributed by atoms with Crippen molar-refractivity contribution in [2.45, 2.75) is 6.92 Å². The van der Waals surface area contributed by atoms with E-state index in [1.165, 1.54) is 0 Å². The monoisotopic (exact) mass is 256 g/mol. The molecule has 0 amide bonds. The molecule has 0 fully saturated rings. The van der Waals surface area contributed by atoms with Crippen molar-refractivity contribution in [3.8, 4) is 0 Å². The van der Waals surface area contributed by atoms with E-state index in [0.717, 1.165) is 11.3 Å². The average Bonchev–Trinajstić information content (AvgIpc) is 2.32. The Balaban J connectivity index is 2.73. The first-order valence-corrected chi connectivity index (χ1v) is 5.58. The number of nitrogens with zero attached hydrogens (tertiary/aromatic N) is 1. The second kappa shape index (κ2) is 7.11. The van der Waals surface area contributed by atoms with Crippen LogP contribution in [0.15, 0.2) is 23.2 Å². The summed E-state index contributed by atoms with van der Waals surface area (Å²) in [5, 5.41) is 3.73. The molecule has 0 spiro atoms. The molecule has 0 aliphatic carbocycles. The van der Waals surface area contributed by atoms with Gasteiger partial charge in [-0.15, -0.1) is 0 Å². The zero-order chi connectivity index (χ0) is 12.7. The normalized spacial score (nSPS) is 11.4. The third-order valence-electron chi connectivity index (χ3n) is 2.15. The standard InChI is InChI=1S/C11H17ClN4O/c1-8-3-4-9(12)7-10(8)15-11(16-13)14-5-6-17-2/h3-4,7H,5-6,13H2,1-2H3,(H2,14,15,16). The van der Waals surface area contributed by atoms with Crippen molar-refractivity contribution in [2.75, 3.05) is 25.6 Å². The van der Waals surface area contributed by atoms with Crippen LogP contribution in [-0.4, -0.2) is 26.2 Å². The topological polar surface area (TPSA) is 71.7 Å². The van der Waals surface area contributed by atoms with E-state index >= 15 is 0 Å². The Morgan fingerprint density at radius 1 is 1.53 bits per heavy atom. The first-order valence-electron chi connectivity index (χ1n) is 5.20. The highest BCUT2D eigenvalue weighted by atomic mass is 35.5. The van der Waals surface area contributed by atoms with Gasteiger partial charge < -0.3 is 10.1 Å². The number of aryl methyl sites for hydroxylation is 1. The number of hydrogen-bond acceptors (Lipinski definition) is 3.